The molecule has 0 bridgehead atoms. The van der Waals surface area contributed by atoms with Gasteiger partial charge in [-0.1, -0.05) is 23.7 Å². The summed E-state index contributed by atoms with van der Waals surface area (Å²) in [4.78, 5) is 14.7. The molecule has 1 saturated heterocycles. The standard InChI is InChI=1S/C18H20ClFN4O/c1-12(13-4-2-6-15(20)10-13)21-18(25)14-5-3-9-24(11-14)17-8-7-16(19)22-23-17/h2,4,6-8,10,12,14H,3,5,9,11H2,1H3,(H,21,25)/t12-,14+/m1/s1. The van der Waals surface area contributed by atoms with Crippen molar-refractivity contribution in [3.8, 4) is 0 Å². The Morgan fingerprint density at radius 2 is 2.20 bits per heavy atom. The molecule has 1 aromatic carbocycles. The zero-order chi connectivity index (χ0) is 17.8. The van der Waals surface area contributed by atoms with E-state index in [0.717, 1.165) is 30.8 Å². The molecule has 2 aromatic rings. The van der Waals surface area contributed by atoms with Gasteiger partial charge in [0.15, 0.2) is 11.0 Å². The molecule has 5 nitrogen and oxygen atoms in total. The molecular weight excluding hydrogens is 343 g/mol. The molecule has 2 atom stereocenters. The number of amides is 1. The second kappa shape index (κ2) is 7.78. The Morgan fingerprint density at radius 1 is 1.36 bits per heavy atom. The first-order chi connectivity index (χ1) is 12.0. The minimum atomic E-state index is -0.302. The molecule has 1 aliphatic rings. The van der Waals surface area contributed by atoms with Crippen molar-refractivity contribution >= 4 is 23.3 Å². The number of hydrogen-bond donors (Lipinski definition) is 1. The Labute approximate surface area is 151 Å². The van der Waals surface area contributed by atoms with Crippen LogP contribution in [0, 0.1) is 11.7 Å². The first-order valence-electron chi connectivity index (χ1n) is 8.33. The monoisotopic (exact) mass is 362 g/mol. The number of anilines is 1. The normalized spacial score (nSPS) is 18.7. The third-order valence-corrected chi connectivity index (χ3v) is 4.64. The Morgan fingerprint density at radius 3 is 2.92 bits per heavy atom. The Bertz CT molecular complexity index is 740. The number of hydrogen-bond acceptors (Lipinski definition) is 4. The maximum absolute atomic E-state index is 13.3. The van der Waals surface area contributed by atoms with Gasteiger partial charge in [-0.3, -0.25) is 4.79 Å². The highest BCUT2D eigenvalue weighted by Crippen LogP contribution is 2.23. The molecule has 0 aliphatic carbocycles. The summed E-state index contributed by atoms with van der Waals surface area (Å²) in [7, 11) is 0. The van der Waals surface area contributed by atoms with Crippen LogP contribution in [0.3, 0.4) is 0 Å². The van der Waals surface area contributed by atoms with Crippen LogP contribution in [0.4, 0.5) is 10.2 Å². The van der Waals surface area contributed by atoms with E-state index in [4.69, 9.17) is 11.6 Å². The molecule has 1 fully saturated rings. The predicted octanol–water partition coefficient (Wildman–Crippen LogP) is 3.36. The lowest BCUT2D eigenvalue weighted by molar-refractivity contribution is -0.125. The Balaban J connectivity index is 1.62. The molecule has 0 unspecified atom stereocenters. The highest BCUT2D eigenvalue weighted by Gasteiger charge is 2.27. The van der Waals surface area contributed by atoms with E-state index in [1.807, 2.05) is 24.0 Å². The van der Waals surface area contributed by atoms with E-state index in [-0.39, 0.29) is 23.7 Å². The van der Waals surface area contributed by atoms with E-state index in [0.29, 0.717) is 11.7 Å². The molecule has 1 N–H and O–H groups in total. The Hall–Kier alpha value is -2.21. The van der Waals surface area contributed by atoms with E-state index in [9.17, 15) is 9.18 Å². The molecule has 0 spiro atoms. The molecule has 1 aliphatic heterocycles. The van der Waals surface area contributed by atoms with Crippen molar-refractivity contribution < 1.29 is 9.18 Å². The average molecular weight is 363 g/mol. The summed E-state index contributed by atoms with van der Waals surface area (Å²) in [6.07, 6.45) is 1.72. The summed E-state index contributed by atoms with van der Waals surface area (Å²) in [6.45, 7) is 3.27. The van der Waals surface area contributed by atoms with Crippen LogP contribution in [0.15, 0.2) is 36.4 Å². The Kier molecular flexibility index (Phi) is 5.48. The van der Waals surface area contributed by atoms with Gasteiger partial charge in [-0.2, -0.15) is 0 Å². The molecule has 132 valence electrons. The van der Waals surface area contributed by atoms with Crippen molar-refractivity contribution in [3.63, 3.8) is 0 Å². The largest absolute Gasteiger partial charge is 0.354 e. The number of rotatable bonds is 4. The average Bonchev–Trinajstić information content (AvgIpc) is 2.62. The minimum Gasteiger partial charge on any atom is -0.354 e. The van der Waals surface area contributed by atoms with E-state index in [2.05, 4.69) is 15.5 Å². The fraction of sp³-hybridized carbons (Fsp3) is 0.389. The second-order valence-electron chi connectivity index (χ2n) is 6.28. The number of carbonyl (C=O) groups is 1. The van der Waals surface area contributed by atoms with Gasteiger partial charge in [0.1, 0.15) is 5.82 Å². The number of nitrogens with zero attached hydrogens (tertiary/aromatic N) is 3. The molecular formula is C18H20ClFN4O. The quantitative estimate of drug-likeness (QED) is 0.906. The van der Waals surface area contributed by atoms with Crippen LogP contribution < -0.4 is 10.2 Å². The number of aromatic nitrogens is 2. The molecule has 1 amide bonds. The topological polar surface area (TPSA) is 58.1 Å². The van der Waals surface area contributed by atoms with Crippen molar-refractivity contribution in [3.05, 3.63) is 52.9 Å². The summed E-state index contributed by atoms with van der Waals surface area (Å²) >= 11 is 5.77. The van der Waals surface area contributed by atoms with Gasteiger partial charge in [-0.25, -0.2) is 4.39 Å². The van der Waals surface area contributed by atoms with Gasteiger partial charge in [0, 0.05) is 13.1 Å². The number of nitrogens with one attached hydrogen (secondary N) is 1. The maximum Gasteiger partial charge on any atom is 0.225 e. The highest BCUT2D eigenvalue weighted by atomic mass is 35.5. The van der Waals surface area contributed by atoms with Crippen molar-refractivity contribution in [2.75, 3.05) is 18.0 Å². The van der Waals surface area contributed by atoms with E-state index in [1.54, 1.807) is 12.1 Å². The van der Waals surface area contributed by atoms with Crippen molar-refractivity contribution in [2.24, 2.45) is 5.92 Å². The number of piperidine rings is 1. The lowest BCUT2D eigenvalue weighted by atomic mass is 9.96. The summed E-state index contributed by atoms with van der Waals surface area (Å²) in [5, 5.41) is 11.3. The van der Waals surface area contributed by atoms with Crippen molar-refractivity contribution in [2.45, 2.75) is 25.8 Å². The van der Waals surface area contributed by atoms with Crippen LogP contribution >= 0.6 is 11.6 Å². The van der Waals surface area contributed by atoms with Crippen molar-refractivity contribution in [1.82, 2.24) is 15.5 Å². The van der Waals surface area contributed by atoms with Crippen LogP contribution in [-0.4, -0.2) is 29.2 Å². The van der Waals surface area contributed by atoms with Gasteiger partial charge >= 0.3 is 0 Å². The molecule has 2 heterocycles. The van der Waals surface area contributed by atoms with Crippen LogP contribution in [-0.2, 0) is 4.79 Å². The van der Waals surface area contributed by atoms with Gasteiger partial charge in [0.2, 0.25) is 5.91 Å². The lowest BCUT2D eigenvalue weighted by Crippen LogP contribution is -2.44. The van der Waals surface area contributed by atoms with Crippen molar-refractivity contribution in [1.29, 1.82) is 0 Å². The summed E-state index contributed by atoms with van der Waals surface area (Å²) in [5.41, 5.74) is 0.754. The number of benzene rings is 1. The second-order valence-corrected chi connectivity index (χ2v) is 6.67. The van der Waals surface area contributed by atoms with Gasteiger partial charge < -0.3 is 10.2 Å². The first-order valence-corrected chi connectivity index (χ1v) is 8.71. The van der Waals surface area contributed by atoms with Gasteiger partial charge in [0.25, 0.3) is 0 Å². The maximum atomic E-state index is 13.3. The lowest BCUT2D eigenvalue weighted by Gasteiger charge is -2.33. The third kappa shape index (κ3) is 4.45. The number of halogens is 2. The molecule has 0 radical (unpaired) electrons. The van der Waals surface area contributed by atoms with E-state index in [1.165, 1.54) is 12.1 Å². The smallest absolute Gasteiger partial charge is 0.225 e. The van der Waals surface area contributed by atoms with Crippen LogP contribution in [0.1, 0.15) is 31.4 Å². The first kappa shape index (κ1) is 17.6. The van der Waals surface area contributed by atoms with E-state index < -0.39 is 0 Å². The number of carbonyl (C=O) groups excluding carboxylic acids is 1. The third-order valence-electron chi connectivity index (χ3n) is 4.44. The highest BCUT2D eigenvalue weighted by molar-refractivity contribution is 6.29. The summed E-state index contributed by atoms with van der Waals surface area (Å²) in [5.74, 6) is 0.259. The minimum absolute atomic E-state index is 0.0246. The van der Waals surface area contributed by atoms with Crippen LogP contribution in [0.5, 0.6) is 0 Å². The van der Waals surface area contributed by atoms with Crippen LogP contribution in [0.2, 0.25) is 5.15 Å². The fourth-order valence-corrected chi connectivity index (χ4v) is 3.17. The fourth-order valence-electron chi connectivity index (χ4n) is 3.07. The summed E-state index contributed by atoms with van der Waals surface area (Å²) in [6, 6.07) is 9.56. The predicted molar refractivity (Wildman–Crippen MR) is 94.9 cm³/mol. The van der Waals surface area contributed by atoms with Gasteiger partial charge in [0.05, 0.1) is 12.0 Å². The molecule has 7 heteroatoms. The zero-order valence-corrected chi connectivity index (χ0v) is 14.7. The molecule has 1 aromatic heterocycles. The molecule has 25 heavy (non-hydrogen) atoms. The summed E-state index contributed by atoms with van der Waals surface area (Å²) < 4.78 is 13.3. The van der Waals surface area contributed by atoms with E-state index >= 15 is 0 Å². The van der Waals surface area contributed by atoms with Gasteiger partial charge in [-0.15, -0.1) is 10.2 Å². The zero-order valence-electron chi connectivity index (χ0n) is 14.0. The van der Waals surface area contributed by atoms with Gasteiger partial charge in [-0.05, 0) is 49.6 Å². The molecule has 0 saturated carbocycles. The SMILES string of the molecule is C[C@@H](NC(=O)[C@H]1CCCN(c2ccc(Cl)nn2)C1)c1cccc(F)c1. The molecule has 3 rings (SSSR count). The van der Waals surface area contributed by atoms with Crippen LogP contribution in [0.25, 0.3) is 0 Å².